The molecular formula is C36H40Cl2FNO5. The number of carbonyl (C=O) groups excluding carboxylic acids is 1. The minimum Gasteiger partial charge on any atom is -0.487 e. The van der Waals surface area contributed by atoms with Crippen molar-refractivity contribution in [1.82, 2.24) is 4.90 Å². The molecule has 1 N–H and O–H groups in total. The van der Waals surface area contributed by atoms with Gasteiger partial charge in [0.1, 0.15) is 23.7 Å². The van der Waals surface area contributed by atoms with Crippen LogP contribution in [-0.4, -0.2) is 40.1 Å². The molecule has 0 saturated carbocycles. The van der Waals surface area contributed by atoms with Gasteiger partial charge in [-0.05, 0) is 85.5 Å². The zero-order valence-electron chi connectivity index (χ0n) is 26.3. The highest BCUT2D eigenvalue weighted by Crippen LogP contribution is 2.53. The number of aliphatic carboxylic acids is 1. The van der Waals surface area contributed by atoms with Crippen LogP contribution in [0.25, 0.3) is 0 Å². The van der Waals surface area contributed by atoms with E-state index >= 15 is 0 Å². The molecule has 4 atom stereocenters. The number of carboxylic acids is 1. The largest absolute Gasteiger partial charge is 0.487 e. The van der Waals surface area contributed by atoms with E-state index in [9.17, 15) is 19.1 Å². The number of halogens is 3. The minimum atomic E-state index is -1.14. The van der Waals surface area contributed by atoms with Crippen LogP contribution < -0.4 is 4.74 Å². The minimum absolute atomic E-state index is 0.0298. The quantitative estimate of drug-likeness (QED) is 0.264. The molecule has 3 aromatic carbocycles. The monoisotopic (exact) mass is 655 g/mol. The van der Waals surface area contributed by atoms with Gasteiger partial charge in [0.2, 0.25) is 5.91 Å². The first-order valence-corrected chi connectivity index (χ1v) is 16.1. The molecule has 2 aliphatic heterocycles. The number of amides is 1. The molecule has 0 aromatic heterocycles. The van der Waals surface area contributed by atoms with E-state index in [-0.39, 0.29) is 34.9 Å². The third kappa shape index (κ3) is 7.48. The van der Waals surface area contributed by atoms with Crippen molar-refractivity contribution in [1.29, 1.82) is 0 Å². The van der Waals surface area contributed by atoms with Crippen molar-refractivity contribution in [3.8, 4) is 5.75 Å². The Morgan fingerprint density at radius 3 is 2.36 bits per heavy atom. The van der Waals surface area contributed by atoms with Gasteiger partial charge in [0.05, 0.1) is 23.1 Å². The number of aryl methyl sites for hydroxylation is 1. The Morgan fingerprint density at radius 1 is 1.02 bits per heavy atom. The van der Waals surface area contributed by atoms with Gasteiger partial charge in [-0.3, -0.25) is 9.59 Å². The topological polar surface area (TPSA) is 76.1 Å². The van der Waals surface area contributed by atoms with Gasteiger partial charge in [-0.1, -0.05) is 74.3 Å². The summed E-state index contributed by atoms with van der Waals surface area (Å²) in [5, 5.41) is 10.3. The van der Waals surface area contributed by atoms with Crippen LogP contribution in [0.2, 0.25) is 10.0 Å². The van der Waals surface area contributed by atoms with Gasteiger partial charge in [-0.15, -0.1) is 0 Å². The fourth-order valence-electron chi connectivity index (χ4n) is 6.51. The number of hydrogen-bond acceptors (Lipinski definition) is 4. The Balaban J connectivity index is 1.49. The third-order valence-electron chi connectivity index (χ3n) is 9.04. The highest BCUT2D eigenvalue weighted by atomic mass is 35.5. The molecule has 0 bridgehead atoms. The van der Waals surface area contributed by atoms with E-state index in [4.69, 9.17) is 32.7 Å². The Labute approximate surface area is 274 Å². The molecule has 9 heteroatoms. The second kappa shape index (κ2) is 12.9. The van der Waals surface area contributed by atoms with Crippen molar-refractivity contribution in [2.75, 3.05) is 6.54 Å². The van der Waals surface area contributed by atoms with Crippen LogP contribution >= 0.6 is 23.2 Å². The molecule has 0 unspecified atom stereocenters. The molecule has 1 amide bonds. The lowest BCUT2D eigenvalue weighted by molar-refractivity contribution is -0.186. The molecule has 0 spiro atoms. The summed E-state index contributed by atoms with van der Waals surface area (Å²) < 4.78 is 27.4. The number of benzene rings is 3. The van der Waals surface area contributed by atoms with E-state index in [0.29, 0.717) is 29.8 Å². The second-order valence-electron chi connectivity index (χ2n) is 13.8. The summed E-state index contributed by atoms with van der Waals surface area (Å²) >= 11 is 12.1. The first-order valence-electron chi connectivity index (χ1n) is 15.3. The SMILES string of the molecule is CC(C)(C)c1ccc2c(c1)OC(C)(C)[C@@H]1C[C@H](C(=O)N(CC(=O)O)Cc3ccc(F)c(Cl)c3)[C@@H](CCc3ccc(Cl)cc3)O[C@@H]21. The van der Waals surface area contributed by atoms with E-state index in [1.54, 1.807) is 0 Å². The van der Waals surface area contributed by atoms with Crippen molar-refractivity contribution < 1.29 is 28.6 Å². The number of nitrogens with zero attached hydrogens (tertiary/aromatic N) is 1. The molecular weight excluding hydrogens is 616 g/mol. The van der Waals surface area contributed by atoms with Crippen LogP contribution in [0.4, 0.5) is 4.39 Å². The second-order valence-corrected chi connectivity index (χ2v) is 14.6. The highest BCUT2D eigenvalue weighted by Gasteiger charge is 2.52. The maximum absolute atomic E-state index is 14.4. The Kier molecular flexibility index (Phi) is 9.55. The fourth-order valence-corrected chi connectivity index (χ4v) is 6.83. The average Bonchev–Trinajstić information content (AvgIpc) is 2.96. The lowest BCUT2D eigenvalue weighted by atomic mass is 9.70. The smallest absolute Gasteiger partial charge is 0.323 e. The number of ether oxygens (including phenoxy) is 2. The van der Waals surface area contributed by atoms with Crippen LogP contribution in [-0.2, 0) is 32.7 Å². The first-order chi connectivity index (χ1) is 21.1. The normalized spacial score (nSPS) is 22.1. The maximum atomic E-state index is 14.4. The number of rotatable bonds is 8. The predicted octanol–water partition coefficient (Wildman–Crippen LogP) is 8.41. The lowest BCUT2D eigenvalue weighted by Crippen LogP contribution is -2.54. The summed E-state index contributed by atoms with van der Waals surface area (Å²) in [5.41, 5.74) is 2.99. The average molecular weight is 657 g/mol. The van der Waals surface area contributed by atoms with E-state index in [1.165, 1.54) is 23.1 Å². The number of hydrogen-bond donors (Lipinski definition) is 1. The summed E-state index contributed by atoms with van der Waals surface area (Å²) in [4.78, 5) is 27.6. The third-order valence-corrected chi connectivity index (χ3v) is 9.58. The van der Waals surface area contributed by atoms with Gasteiger partial charge < -0.3 is 19.5 Å². The van der Waals surface area contributed by atoms with Gasteiger partial charge in [0.15, 0.2) is 0 Å². The van der Waals surface area contributed by atoms with E-state index in [0.717, 1.165) is 22.4 Å². The predicted molar refractivity (Wildman–Crippen MR) is 173 cm³/mol. The van der Waals surface area contributed by atoms with Crippen LogP contribution in [0.15, 0.2) is 60.7 Å². The van der Waals surface area contributed by atoms with Gasteiger partial charge in [0, 0.05) is 23.0 Å². The zero-order chi connectivity index (χ0) is 32.7. The Morgan fingerprint density at radius 2 is 1.71 bits per heavy atom. The van der Waals surface area contributed by atoms with Gasteiger partial charge in [0.25, 0.3) is 0 Å². The first kappa shape index (κ1) is 33.2. The zero-order valence-corrected chi connectivity index (χ0v) is 27.8. The Hall–Kier alpha value is -3.13. The summed E-state index contributed by atoms with van der Waals surface area (Å²) in [6.07, 6.45) is 0.835. The van der Waals surface area contributed by atoms with E-state index in [1.807, 2.05) is 38.1 Å². The van der Waals surface area contributed by atoms with Crippen molar-refractivity contribution in [2.45, 2.75) is 83.6 Å². The summed E-state index contributed by atoms with van der Waals surface area (Å²) in [6.45, 7) is 9.98. The molecule has 3 aromatic rings. The van der Waals surface area contributed by atoms with Crippen LogP contribution in [0.5, 0.6) is 5.75 Å². The van der Waals surface area contributed by atoms with Gasteiger partial charge in [-0.25, -0.2) is 4.39 Å². The number of carbonyl (C=O) groups is 2. The van der Waals surface area contributed by atoms with Crippen molar-refractivity contribution in [2.24, 2.45) is 11.8 Å². The molecule has 0 aliphatic carbocycles. The number of fused-ring (bicyclic) bond motifs is 3. The standard InChI is InChI=1S/C36H40Cl2FNO5/c1-35(2,3)23-10-13-25-31(17-23)45-36(4,5)27-18-26(30(44-33(25)27)15-9-21-6-11-24(37)12-7-21)34(43)40(20-32(41)42)19-22-8-14-29(39)28(38)16-22/h6-8,10-14,16-17,26-27,30,33H,9,15,18-20H2,1-5H3,(H,41,42)/t26-,27+,30+,33-/m0/s1. The molecule has 1 saturated heterocycles. The van der Waals surface area contributed by atoms with E-state index in [2.05, 4.69) is 39.0 Å². The molecule has 2 aliphatic rings. The molecule has 2 heterocycles. The van der Waals surface area contributed by atoms with Gasteiger partial charge in [-0.2, -0.15) is 0 Å². The van der Waals surface area contributed by atoms with E-state index < -0.39 is 36.0 Å². The van der Waals surface area contributed by atoms with Crippen LogP contribution in [0, 0.1) is 17.7 Å². The summed E-state index contributed by atoms with van der Waals surface area (Å²) in [5.74, 6) is -2.07. The number of carboxylic acid groups (broad SMARTS) is 1. The molecule has 0 radical (unpaired) electrons. The molecule has 45 heavy (non-hydrogen) atoms. The molecule has 5 rings (SSSR count). The van der Waals surface area contributed by atoms with Crippen LogP contribution in [0.3, 0.4) is 0 Å². The molecule has 240 valence electrons. The summed E-state index contributed by atoms with van der Waals surface area (Å²) in [6, 6.07) is 18.0. The van der Waals surface area contributed by atoms with Crippen molar-refractivity contribution in [3.05, 3.63) is 98.8 Å². The Bertz CT molecular complexity index is 1570. The van der Waals surface area contributed by atoms with Crippen molar-refractivity contribution in [3.63, 3.8) is 0 Å². The maximum Gasteiger partial charge on any atom is 0.323 e. The molecule has 1 fully saturated rings. The summed E-state index contributed by atoms with van der Waals surface area (Å²) in [7, 11) is 0. The molecule has 6 nitrogen and oxygen atoms in total. The lowest BCUT2D eigenvalue weighted by Gasteiger charge is -2.51. The van der Waals surface area contributed by atoms with Crippen molar-refractivity contribution >= 4 is 35.1 Å². The fraction of sp³-hybridized carbons (Fsp3) is 0.444. The van der Waals surface area contributed by atoms with Gasteiger partial charge >= 0.3 is 5.97 Å². The van der Waals surface area contributed by atoms with Crippen LogP contribution in [0.1, 0.15) is 75.8 Å². The highest BCUT2D eigenvalue weighted by molar-refractivity contribution is 6.31.